The molecule has 1 unspecified atom stereocenters. The molecule has 7 heteroatoms. The van der Waals surface area contributed by atoms with Gasteiger partial charge in [-0.15, -0.1) is 10.2 Å². The zero-order chi connectivity index (χ0) is 15.4. The van der Waals surface area contributed by atoms with E-state index in [1.165, 1.54) is 11.3 Å². The van der Waals surface area contributed by atoms with Crippen LogP contribution in [-0.4, -0.2) is 26.6 Å². The van der Waals surface area contributed by atoms with Crippen molar-refractivity contribution >= 4 is 33.7 Å². The molecule has 1 N–H and O–H groups in total. The van der Waals surface area contributed by atoms with E-state index < -0.39 is 10.8 Å². The van der Waals surface area contributed by atoms with Crippen molar-refractivity contribution in [2.75, 3.05) is 11.6 Å². The molecule has 21 heavy (non-hydrogen) atoms. The third-order valence-corrected chi connectivity index (χ3v) is 4.65. The second-order valence-electron chi connectivity index (χ2n) is 4.97. The van der Waals surface area contributed by atoms with Crippen molar-refractivity contribution in [1.29, 1.82) is 0 Å². The molecule has 1 amide bonds. The van der Waals surface area contributed by atoms with Crippen LogP contribution >= 0.6 is 11.3 Å². The van der Waals surface area contributed by atoms with Gasteiger partial charge in [-0.25, -0.2) is 0 Å². The molecule has 1 aromatic carbocycles. The number of aromatic nitrogens is 2. The number of nitrogens with one attached hydrogen (secondary N) is 1. The summed E-state index contributed by atoms with van der Waals surface area (Å²) in [5.41, 5.74) is 1.60. The minimum Gasteiger partial charge on any atom is -0.320 e. The van der Waals surface area contributed by atoms with E-state index in [-0.39, 0.29) is 11.8 Å². The monoisotopic (exact) mass is 323 g/mol. The van der Waals surface area contributed by atoms with Gasteiger partial charge in [0.2, 0.25) is 5.01 Å². The molecule has 0 spiro atoms. The molecule has 0 aliphatic heterocycles. The lowest BCUT2D eigenvalue weighted by molar-refractivity contribution is 0.102. The minimum atomic E-state index is -0.908. The number of amides is 1. The number of anilines is 1. The van der Waals surface area contributed by atoms with Crippen LogP contribution in [0, 0.1) is 0 Å². The Hall–Kier alpha value is -1.60. The molecule has 1 heterocycles. The van der Waals surface area contributed by atoms with Gasteiger partial charge in [0.1, 0.15) is 5.01 Å². The van der Waals surface area contributed by atoms with Crippen LogP contribution in [0.3, 0.4) is 0 Å². The fraction of sp³-hybridized carbons (Fsp3) is 0.357. The lowest BCUT2D eigenvalue weighted by Crippen LogP contribution is -2.11. The molecule has 2 rings (SSSR count). The summed E-state index contributed by atoms with van der Waals surface area (Å²) in [4.78, 5) is 12.1. The highest BCUT2D eigenvalue weighted by Crippen LogP contribution is 2.20. The smallest absolute Gasteiger partial charge is 0.286 e. The van der Waals surface area contributed by atoms with Gasteiger partial charge < -0.3 is 5.32 Å². The standard InChI is InChI=1S/C14H17N3O2S2/c1-9(2)13-16-17-14(20-13)12(18)15-11-6-4-5-10(7-11)8-21(3)19/h4-7,9H,8H2,1-3H3,(H,15,18). The van der Waals surface area contributed by atoms with Crippen LogP contribution in [0.4, 0.5) is 5.69 Å². The first-order valence-corrected chi connectivity index (χ1v) is 9.04. The van der Waals surface area contributed by atoms with Crippen molar-refractivity contribution in [2.24, 2.45) is 0 Å². The van der Waals surface area contributed by atoms with Crippen LogP contribution in [-0.2, 0) is 16.6 Å². The number of hydrogen-bond acceptors (Lipinski definition) is 5. The summed E-state index contributed by atoms with van der Waals surface area (Å²) in [5.74, 6) is 0.459. The maximum Gasteiger partial charge on any atom is 0.286 e. The molecule has 1 atom stereocenters. The molecule has 0 saturated heterocycles. The summed E-state index contributed by atoms with van der Waals surface area (Å²) in [6.07, 6.45) is 1.65. The minimum absolute atomic E-state index is 0.256. The summed E-state index contributed by atoms with van der Waals surface area (Å²) in [6, 6.07) is 7.34. The first kappa shape index (κ1) is 15.8. The van der Waals surface area contributed by atoms with Crippen molar-refractivity contribution in [3.63, 3.8) is 0 Å². The number of rotatable bonds is 5. The maximum absolute atomic E-state index is 12.1. The molecule has 112 valence electrons. The Balaban J connectivity index is 2.09. The predicted octanol–water partition coefficient (Wildman–Crippen LogP) is 2.79. The summed E-state index contributed by atoms with van der Waals surface area (Å²) in [7, 11) is -0.908. The molecule has 0 saturated carbocycles. The zero-order valence-corrected chi connectivity index (χ0v) is 13.8. The number of nitrogens with zero attached hydrogens (tertiary/aromatic N) is 2. The van der Waals surface area contributed by atoms with Gasteiger partial charge in [-0.2, -0.15) is 0 Å². The van der Waals surface area contributed by atoms with Crippen molar-refractivity contribution in [3.05, 3.63) is 39.8 Å². The van der Waals surface area contributed by atoms with Gasteiger partial charge in [-0.1, -0.05) is 37.3 Å². The normalized spacial score (nSPS) is 12.4. The molecule has 0 fully saturated rings. The summed E-state index contributed by atoms with van der Waals surface area (Å²) in [5, 5.41) is 11.9. The van der Waals surface area contributed by atoms with E-state index in [9.17, 15) is 9.00 Å². The number of carbonyl (C=O) groups is 1. The average molecular weight is 323 g/mol. The SMILES string of the molecule is CC(C)c1nnc(C(=O)Nc2cccc(CS(C)=O)c2)s1. The molecule has 5 nitrogen and oxygen atoms in total. The lowest BCUT2D eigenvalue weighted by atomic mass is 10.2. The highest BCUT2D eigenvalue weighted by molar-refractivity contribution is 7.83. The van der Waals surface area contributed by atoms with Gasteiger partial charge in [-0.3, -0.25) is 9.00 Å². The fourth-order valence-electron chi connectivity index (χ4n) is 1.72. The Morgan fingerprint density at radius 3 is 2.76 bits per heavy atom. The number of hydrogen-bond donors (Lipinski definition) is 1. The maximum atomic E-state index is 12.1. The second kappa shape index (κ2) is 6.91. The highest BCUT2D eigenvalue weighted by Gasteiger charge is 2.14. The molecular formula is C14H17N3O2S2. The topological polar surface area (TPSA) is 72.0 Å². The summed E-state index contributed by atoms with van der Waals surface area (Å²) < 4.78 is 11.2. The van der Waals surface area contributed by atoms with Gasteiger partial charge in [0, 0.05) is 34.4 Å². The van der Waals surface area contributed by atoms with Crippen LogP contribution < -0.4 is 5.32 Å². The molecule has 0 bridgehead atoms. The Kier molecular flexibility index (Phi) is 5.19. The van der Waals surface area contributed by atoms with Gasteiger partial charge in [0.25, 0.3) is 5.91 Å². The van der Waals surface area contributed by atoms with Gasteiger partial charge in [-0.05, 0) is 17.7 Å². The summed E-state index contributed by atoms with van der Waals surface area (Å²) >= 11 is 1.30. The van der Waals surface area contributed by atoms with Crippen molar-refractivity contribution < 1.29 is 9.00 Å². The largest absolute Gasteiger partial charge is 0.320 e. The van der Waals surface area contributed by atoms with E-state index >= 15 is 0 Å². The van der Waals surface area contributed by atoms with Crippen LogP contribution in [0.2, 0.25) is 0 Å². The molecule has 0 aliphatic carbocycles. The number of benzene rings is 1. The Morgan fingerprint density at radius 1 is 1.38 bits per heavy atom. The molecule has 1 aromatic heterocycles. The molecular weight excluding hydrogens is 306 g/mol. The van der Waals surface area contributed by atoms with Crippen molar-refractivity contribution in [2.45, 2.75) is 25.5 Å². The fourth-order valence-corrected chi connectivity index (χ4v) is 3.11. The van der Waals surface area contributed by atoms with E-state index in [1.807, 2.05) is 32.0 Å². The van der Waals surface area contributed by atoms with Gasteiger partial charge >= 0.3 is 0 Å². The molecule has 0 aliphatic rings. The highest BCUT2D eigenvalue weighted by atomic mass is 32.2. The van der Waals surface area contributed by atoms with Gasteiger partial charge in [0.05, 0.1) is 0 Å². The quantitative estimate of drug-likeness (QED) is 0.918. The van der Waals surface area contributed by atoms with Crippen LogP contribution in [0.25, 0.3) is 0 Å². The third kappa shape index (κ3) is 4.44. The number of carbonyl (C=O) groups excluding carboxylic acids is 1. The van der Waals surface area contributed by atoms with E-state index in [1.54, 1.807) is 12.3 Å². The van der Waals surface area contributed by atoms with Gasteiger partial charge in [0.15, 0.2) is 0 Å². The second-order valence-corrected chi connectivity index (χ2v) is 7.42. The Morgan fingerprint density at radius 2 is 2.14 bits per heavy atom. The van der Waals surface area contributed by atoms with E-state index in [2.05, 4.69) is 15.5 Å². The summed E-state index contributed by atoms with van der Waals surface area (Å²) in [6.45, 7) is 4.02. The predicted molar refractivity (Wildman–Crippen MR) is 86.2 cm³/mol. The van der Waals surface area contributed by atoms with Crippen molar-refractivity contribution in [1.82, 2.24) is 10.2 Å². The zero-order valence-electron chi connectivity index (χ0n) is 12.1. The Labute approximate surface area is 130 Å². The first-order valence-electron chi connectivity index (χ1n) is 6.49. The van der Waals surface area contributed by atoms with Crippen LogP contribution in [0.15, 0.2) is 24.3 Å². The average Bonchev–Trinajstić information content (AvgIpc) is 2.88. The first-order chi connectivity index (χ1) is 9.95. The Bertz CT molecular complexity index is 668. The van der Waals surface area contributed by atoms with Crippen LogP contribution in [0.5, 0.6) is 0 Å². The van der Waals surface area contributed by atoms with E-state index in [4.69, 9.17) is 0 Å². The van der Waals surface area contributed by atoms with Crippen molar-refractivity contribution in [3.8, 4) is 0 Å². The van der Waals surface area contributed by atoms with Crippen LogP contribution in [0.1, 0.15) is 40.1 Å². The van der Waals surface area contributed by atoms with E-state index in [0.717, 1.165) is 10.6 Å². The molecule has 2 aromatic rings. The lowest BCUT2D eigenvalue weighted by Gasteiger charge is -2.05. The third-order valence-electron chi connectivity index (χ3n) is 2.68. The molecule has 0 radical (unpaired) electrons. The van der Waals surface area contributed by atoms with E-state index in [0.29, 0.717) is 16.4 Å².